The van der Waals surface area contributed by atoms with Crippen LogP contribution in [0.2, 0.25) is 0 Å². The molecular weight excluding hydrogens is 479 g/mol. The molecule has 0 saturated carbocycles. The molecule has 4 heterocycles. The fourth-order valence-corrected chi connectivity index (χ4v) is 3.90. The summed E-state index contributed by atoms with van der Waals surface area (Å²) in [4.78, 5) is 45.3. The molecule has 0 radical (unpaired) electrons. The number of pyridine rings is 1. The smallest absolute Gasteiger partial charge is 0.435 e. The fourth-order valence-electron chi connectivity index (χ4n) is 3.90. The summed E-state index contributed by atoms with van der Waals surface area (Å²) >= 11 is 0. The summed E-state index contributed by atoms with van der Waals surface area (Å²) in [5.41, 5.74) is -1.48. The minimum atomic E-state index is -4.74. The van der Waals surface area contributed by atoms with Crippen molar-refractivity contribution in [1.82, 2.24) is 29.4 Å². The van der Waals surface area contributed by atoms with E-state index in [1.165, 1.54) is 6.20 Å². The lowest BCUT2D eigenvalue weighted by atomic mass is 10.2. The van der Waals surface area contributed by atoms with Crippen molar-refractivity contribution >= 4 is 22.9 Å². The zero-order chi connectivity index (χ0) is 26.3. The Morgan fingerprint density at radius 2 is 1.72 bits per heavy atom. The normalized spacial score (nSPS) is 14.9. The van der Waals surface area contributed by atoms with E-state index in [0.29, 0.717) is 37.4 Å². The number of halogens is 3. The van der Waals surface area contributed by atoms with Crippen LogP contribution >= 0.6 is 0 Å². The summed E-state index contributed by atoms with van der Waals surface area (Å²) in [5, 5.41) is 0. The van der Waals surface area contributed by atoms with Crippen molar-refractivity contribution in [2.75, 3.05) is 31.1 Å². The summed E-state index contributed by atoms with van der Waals surface area (Å²) in [6.07, 6.45) is -1.56. The first kappa shape index (κ1) is 25.3. The molecule has 1 amide bonds. The Labute approximate surface area is 204 Å². The first-order valence-corrected chi connectivity index (χ1v) is 11.3. The fraction of sp³-hybridized carbons (Fsp3) is 0.478. The third kappa shape index (κ3) is 5.39. The van der Waals surface area contributed by atoms with Crippen LogP contribution in [0.4, 0.5) is 23.7 Å². The number of nitrogens with zero attached hydrogens (tertiary/aromatic N) is 7. The van der Waals surface area contributed by atoms with Gasteiger partial charge in [0.25, 0.3) is 5.56 Å². The number of hydrogen-bond donors (Lipinski definition) is 0. The molecule has 0 spiro atoms. The number of ether oxygens (including phenoxy) is 1. The van der Waals surface area contributed by atoms with Gasteiger partial charge in [0, 0.05) is 44.8 Å². The number of anilines is 1. The average Bonchev–Trinajstić information content (AvgIpc) is 2.79. The number of carbonyl (C=O) groups excluding carboxylic acids is 1. The second-order valence-electron chi connectivity index (χ2n) is 9.44. The summed E-state index contributed by atoms with van der Waals surface area (Å²) < 4.78 is 47.2. The van der Waals surface area contributed by atoms with Crippen LogP contribution in [0.1, 0.15) is 37.9 Å². The highest BCUT2D eigenvalue weighted by Gasteiger charge is 2.36. The van der Waals surface area contributed by atoms with Crippen LogP contribution in [0.15, 0.2) is 29.5 Å². The summed E-state index contributed by atoms with van der Waals surface area (Å²) in [6.45, 7) is 7.82. The molecular formula is C23H26F3N7O3. The molecule has 0 aliphatic carbocycles. The molecule has 1 aliphatic heterocycles. The van der Waals surface area contributed by atoms with Gasteiger partial charge in [0.05, 0.1) is 17.9 Å². The third-order valence-corrected chi connectivity index (χ3v) is 5.52. The van der Waals surface area contributed by atoms with Crippen LogP contribution in [0, 0.1) is 6.92 Å². The first-order valence-electron chi connectivity index (χ1n) is 11.3. The second-order valence-corrected chi connectivity index (χ2v) is 9.44. The lowest BCUT2D eigenvalue weighted by molar-refractivity contribution is -0.142. The first-order chi connectivity index (χ1) is 16.8. The van der Waals surface area contributed by atoms with Gasteiger partial charge < -0.3 is 14.5 Å². The lowest BCUT2D eigenvalue weighted by Gasteiger charge is -2.36. The van der Waals surface area contributed by atoms with Crippen molar-refractivity contribution in [2.45, 2.75) is 46.0 Å². The van der Waals surface area contributed by atoms with Crippen molar-refractivity contribution in [1.29, 1.82) is 0 Å². The molecule has 0 N–H and O–H groups in total. The Balaban J connectivity index is 1.70. The molecule has 36 heavy (non-hydrogen) atoms. The maximum atomic E-state index is 13.6. The van der Waals surface area contributed by atoms with Crippen LogP contribution < -0.4 is 10.5 Å². The van der Waals surface area contributed by atoms with Crippen molar-refractivity contribution < 1.29 is 22.7 Å². The topological polar surface area (TPSA) is 106 Å². The van der Waals surface area contributed by atoms with Gasteiger partial charge in [0.2, 0.25) is 0 Å². The van der Waals surface area contributed by atoms with Crippen LogP contribution in [0.25, 0.3) is 11.2 Å². The number of hydrogen-bond acceptors (Lipinski definition) is 8. The lowest BCUT2D eigenvalue weighted by Crippen LogP contribution is -2.51. The van der Waals surface area contributed by atoms with Gasteiger partial charge in [-0.25, -0.2) is 14.8 Å². The number of piperazine rings is 1. The van der Waals surface area contributed by atoms with Gasteiger partial charge in [-0.3, -0.25) is 19.3 Å². The number of rotatable bonds is 3. The molecule has 0 bridgehead atoms. The van der Waals surface area contributed by atoms with Gasteiger partial charge in [-0.05, 0) is 33.8 Å². The maximum absolute atomic E-state index is 13.6. The van der Waals surface area contributed by atoms with Crippen molar-refractivity contribution in [3.8, 4) is 0 Å². The number of aromatic nitrogens is 5. The summed E-state index contributed by atoms with van der Waals surface area (Å²) in [5.74, 6) is 0. The number of amides is 1. The minimum absolute atomic E-state index is 0.148. The highest BCUT2D eigenvalue weighted by Crippen LogP contribution is 2.30. The molecule has 3 aromatic heterocycles. The van der Waals surface area contributed by atoms with Crippen LogP contribution in [-0.4, -0.2) is 67.3 Å². The third-order valence-electron chi connectivity index (χ3n) is 5.52. The zero-order valence-electron chi connectivity index (χ0n) is 20.3. The molecule has 10 nitrogen and oxygen atoms in total. The Morgan fingerprint density at radius 1 is 1.06 bits per heavy atom. The standard InChI is InChI=1S/C23H26F3N7O3/c1-14-12-29-15-11-17(31-7-9-32(10-8-31)21(35)36-22(2,3)4)20(34)33(19(15)30-14)13-16-18(23(24,25)26)28-6-5-27-16/h5-6,11-12H,7-10,13H2,1-4H3. The summed E-state index contributed by atoms with van der Waals surface area (Å²) in [6, 6.07) is 1.57. The largest absolute Gasteiger partial charge is 0.444 e. The van der Waals surface area contributed by atoms with E-state index in [1.807, 2.05) is 0 Å². The number of fused-ring (bicyclic) bond motifs is 1. The van der Waals surface area contributed by atoms with Gasteiger partial charge in [0.1, 0.15) is 16.8 Å². The van der Waals surface area contributed by atoms with Crippen LogP contribution in [-0.2, 0) is 17.5 Å². The van der Waals surface area contributed by atoms with E-state index in [-0.39, 0.29) is 11.3 Å². The Bertz CT molecular complexity index is 1340. The molecule has 3 aromatic rings. The van der Waals surface area contributed by atoms with Gasteiger partial charge in [-0.2, -0.15) is 13.2 Å². The number of aryl methyl sites for hydroxylation is 1. The molecule has 13 heteroatoms. The second kappa shape index (κ2) is 9.36. The molecule has 1 aliphatic rings. The van der Waals surface area contributed by atoms with Gasteiger partial charge in [-0.1, -0.05) is 0 Å². The van der Waals surface area contributed by atoms with E-state index in [9.17, 15) is 22.8 Å². The SMILES string of the molecule is Cc1cnc2cc(N3CCN(C(=O)OC(C)(C)C)CC3)c(=O)n(Cc3nccnc3C(F)(F)F)c2n1. The average molecular weight is 506 g/mol. The van der Waals surface area contributed by atoms with E-state index in [0.717, 1.165) is 17.0 Å². The summed E-state index contributed by atoms with van der Waals surface area (Å²) in [7, 11) is 0. The van der Waals surface area contributed by atoms with E-state index in [1.54, 1.807) is 43.6 Å². The Morgan fingerprint density at radius 3 is 2.36 bits per heavy atom. The molecule has 1 fully saturated rings. The van der Waals surface area contributed by atoms with Crippen molar-refractivity contribution in [3.05, 3.63) is 52.1 Å². The van der Waals surface area contributed by atoms with E-state index in [2.05, 4.69) is 19.9 Å². The minimum Gasteiger partial charge on any atom is -0.444 e. The highest BCUT2D eigenvalue weighted by molar-refractivity contribution is 5.75. The predicted octanol–water partition coefficient (Wildman–Crippen LogP) is 3.01. The molecule has 192 valence electrons. The Hall–Kier alpha value is -3.77. The quantitative estimate of drug-likeness (QED) is 0.535. The molecule has 0 atom stereocenters. The van der Waals surface area contributed by atoms with Crippen molar-refractivity contribution in [3.63, 3.8) is 0 Å². The molecule has 4 rings (SSSR count). The molecule has 0 aromatic carbocycles. The van der Waals surface area contributed by atoms with Crippen molar-refractivity contribution in [2.24, 2.45) is 0 Å². The number of alkyl halides is 3. The van der Waals surface area contributed by atoms with E-state index >= 15 is 0 Å². The zero-order valence-corrected chi connectivity index (χ0v) is 20.3. The molecule has 1 saturated heterocycles. The monoisotopic (exact) mass is 505 g/mol. The van der Waals surface area contributed by atoms with Gasteiger partial charge in [-0.15, -0.1) is 0 Å². The maximum Gasteiger partial charge on any atom is 0.435 e. The van der Waals surface area contributed by atoms with Crippen LogP contribution in [0.5, 0.6) is 0 Å². The van der Waals surface area contributed by atoms with E-state index < -0.39 is 41.4 Å². The van der Waals surface area contributed by atoms with E-state index in [4.69, 9.17) is 4.74 Å². The molecule has 0 unspecified atom stereocenters. The van der Waals surface area contributed by atoms with Gasteiger partial charge >= 0.3 is 12.3 Å². The predicted molar refractivity (Wildman–Crippen MR) is 125 cm³/mol. The number of carbonyl (C=O) groups is 1. The van der Waals surface area contributed by atoms with Gasteiger partial charge in [0.15, 0.2) is 11.3 Å². The van der Waals surface area contributed by atoms with Crippen LogP contribution in [0.3, 0.4) is 0 Å². The highest BCUT2D eigenvalue weighted by atomic mass is 19.4. The Kier molecular flexibility index (Phi) is 6.58.